The first-order chi connectivity index (χ1) is 10.2. The van der Waals surface area contributed by atoms with E-state index in [0.29, 0.717) is 13.1 Å². The second-order valence-corrected chi connectivity index (χ2v) is 7.72. The molecule has 2 aromatic rings. The number of rotatable bonds is 4. The van der Waals surface area contributed by atoms with Crippen LogP contribution in [0.4, 0.5) is 0 Å². The molecule has 3 rings (SSSR count). The molecule has 0 aromatic carbocycles. The molecule has 1 aliphatic rings. The molecule has 1 fully saturated rings. The van der Waals surface area contributed by atoms with Crippen LogP contribution in [-0.2, 0) is 16.6 Å². The van der Waals surface area contributed by atoms with Crippen molar-refractivity contribution < 1.29 is 8.42 Å². The Labute approximate surface area is 128 Å². The molecule has 112 valence electrons. The van der Waals surface area contributed by atoms with E-state index in [2.05, 4.69) is 26.7 Å². The van der Waals surface area contributed by atoms with Gasteiger partial charge >= 0.3 is 0 Å². The zero-order valence-electron chi connectivity index (χ0n) is 11.6. The number of hydrogen-bond donors (Lipinski definition) is 0. The summed E-state index contributed by atoms with van der Waals surface area (Å²) < 4.78 is 26.5. The van der Waals surface area contributed by atoms with Gasteiger partial charge in [0.25, 0.3) is 0 Å². The van der Waals surface area contributed by atoms with E-state index >= 15 is 0 Å². The van der Waals surface area contributed by atoms with Crippen LogP contribution in [0.2, 0.25) is 0 Å². The molecule has 0 unspecified atom stereocenters. The van der Waals surface area contributed by atoms with Crippen LogP contribution in [0, 0.1) is 0 Å². The minimum absolute atomic E-state index is 0.274. The number of aromatic nitrogens is 1. The van der Waals surface area contributed by atoms with E-state index in [1.165, 1.54) is 11.8 Å². The minimum Gasteiger partial charge on any atom is -0.296 e. The second-order valence-electron chi connectivity index (χ2n) is 5.00. The molecule has 0 N–H and O–H groups in total. The van der Waals surface area contributed by atoms with Crippen LogP contribution in [0.3, 0.4) is 0 Å². The maximum absolute atomic E-state index is 12.5. The van der Waals surface area contributed by atoms with Gasteiger partial charge in [0.1, 0.15) is 4.90 Å². The number of hydrogen-bond acceptors (Lipinski definition) is 5. The van der Waals surface area contributed by atoms with Crippen LogP contribution in [0.5, 0.6) is 0 Å². The average Bonchev–Trinajstić information content (AvgIpc) is 3.02. The number of piperazine rings is 1. The van der Waals surface area contributed by atoms with Crippen molar-refractivity contribution >= 4 is 21.4 Å². The Morgan fingerprint density at radius 3 is 2.62 bits per heavy atom. The summed E-state index contributed by atoms with van der Waals surface area (Å²) in [7, 11) is -3.40. The molecule has 1 aliphatic heterocycles. The first kappa shape index (κ1) is 14.6. The molecule has 1 saturated heterocycles. The molecule has 3 heterocycles. The van der Waals surface area contributed by atoms with Gasteiger partial charge in [-0.15, -0.1) is 0 Å². The largest absolute Gasteiger partial charge is 0.296 e. The molecule has 0 spiro atoms. The van der Waals surface area contributed by atoms with Gasteiger partial charge in [0.05, 0.1) is 0 Å². The first-order valence-corrected chi connectivity index (χ1v) is 9.18. The Kier molecular flexibility index (Phi) is 4.34. The Bertz CT molecular complexity index is 664. The first-order valence-electron chi connectivity index (χ1n) is 6.80. The lowest BCUT2D eigenvalue weighted by molar-refractivity contribution is 0.182. The van der Waals surface area contributed by atoms with Crippen molar-refractivity contribution in [2.24, 2.45) is 0 Å². The highest BCUT2D eigenvalue weighted by Gasteiger charge is 2.28. The molecule has 0 saturated carbocycles. The highest BCUT2D eigenvalue weighted by molar-refractivity contribution is 7.89. The average molecular weight is 323 g/mol. The zero-order chi connectivity index (χ0) is 14.7. The van der Waals surface area contributed by atoms with E-state index in [1.54, 1.807) is 34.0 Å². The zero-order valence-corrected chi connectivity index (χ0v) is 13.2. The van der Waals surface area contributed by atoms with E-state index in [-0.39, 0.29) is 4.90 Å². The fourth-order valence-corrected chi connectivity index (χ4v) is 4.46. The van der Waals surface area contributed by atoms with Crippen molar-refractivity contribution in [3.8, 4) is 0 Å². The fraction of sp³-hybridized carbons (Fsp3) is 0.357. The standard InChI is InChI=1S/C14H17N3O2S2/c18-21(19,14-2-1-4-15-10-14)17-7-5-16(6-8-17)11-13-3-9-20-12-13/h1-4,9-10,12H,5-8,11H2. The van der Waals surface area contributed by atoms with Gasteiger partial charge in [-0.2, -0.15) is 15.6 Å². The van der Waals surface area contributed by atoms with E-state index in [9.17, 15) is 8.42 Å². The van der Waals surface area contributed by atoms with Gasteiger partial charge in [0.15, 0.2) is 0 Å². The predicted octanol–water partition coefficient (Wildman–Crippen LogP) is 1.65. The molecule has 0 aliphatic carbocycles. The maximum Gasteiger partial charge on any atom is 0.244 e. The summed E-state index contributed by atoms with van der Waals surface area (Å²) in [6, 6.07) is 5.36. The van der Waals surface area contributed by atoms with Crippen molar-refractivity contribution in [3.05, 3.63) is 46.9 Å². The quantitative estimate of drug-likeness (QED) is 0.858. The third-order valence-corrected chi connectivity index (χ3v) is 6.20. The smallest absolute Gasteiger partial charge is 0.244 e. The molecule has 0 bridgehead atoms. The summed E-state index contributed by atoms with van der Waals surface area (Å²) >= 11 is 1.69. The van der Waals surface area contributed by atoms with Crippen LogP contribution in [0.15, 0.2) is 46.2 Å². The van der Waals surface area contributed by atoms with Crippen LogP contribution < -0.4 is 0 Å². The van der Waals surface area contributed by atoms with Gasteiger partial charge in [-0.25, -0.2) is 8.42 Å². The number of thiophene rings is 1. The van der Waals surface area contributed by atoms with Crippen molar-refractivity contribution in [3.63, 3.8) is 0 Å². The predicted molar refractivity (Wildman–Crippen MR) is 82.6 cm³/mol. The Morgan fingerprint density at radius 2 is 2.00 bits per heavy atom. The molecule has 7 heteroatoms. The van der Waals surface area contributed by atoms with Crippen molar-refractivity contribution in [1.82, 2.24) is 14.2 Å². The van der Waals surface area contributed by atoms with Gasteiger partial charge in [-0.05, 0) is 34.5 Å². The van der Waals surface area contributed by atoms with Gasteiger partial charge in [0, 0.05) is 45.1 Å². The summed E-state index contributed by atoms with van der Waals surface area (Å²) in [5.41, 5.74) is 1.29. The molecule has 21 heavy (non-hydrogen) atoms. The second kappa shape index (κ2) is 6.23. The third-order valence-electron chi connectivity index (χ3n) is 3.59. The monoisotopic (exact) mass is 323 g/mol. The highest BCUT2D eigenvalue weighted by atomic mass is 32.2. The van der Waals surface area contributed by atoms with Crippen LogP contribution in [0.25, 0.3) is 0 Å². The topological polar surface area (TPSA) is 53.5 Å². The SMILES string of the molecule is O=S(=O)(c1cccnc1)N1CCN(Cc2ccsc2)CC1. The summed E-state index contributed by atoms with van der Waals surface area (Å²) in [5.74, 6) is 0. The molecular weight excluding hydrogens is 306 g/mol. The van der Waals surface area contributed by atoms with Gasteiger partial charge in [-0.3, -0.25) is 9.88 Å². The minimum atomic E-state index is -3.40. The van der Waals surface area contributed by atoms with E-state index in [1.807, 2.05) is 0 Å². The van der Waals surface area contributed by atoms with Crippen LogP contribution >= 0.6 is 11.3 Å². The summed E-state index contributed by atoms with van der Waals surface area (Å²) in [6.07, 6.45) is 2.99. The highest BCUT2D eigenvalue weighted by Crippen LogP contribution is 2.18. The molecule has 0 radical (unpaired) electrons. The Morgan fingerprint density at radius 1 is 1.19 bits per heavy atom. The summed E-state index contributed by atoms with van der Waals surface area (Å²) in [5, 5.41) is 4.21. The number of sulfonamides is 1. The van der Waals surface area contributed by atoms with Crippen molar-refractivity contribution in [2.45, 2.75) is 11.4 Å². The number of pyridine rings is 1. The van der Waals surface area contributed by atoms with Crippen LogP contribution in [-0.4, -0.2) is 48.8 Å². The van der Waals surface area contributed by atoms with Gasteiger partial charge < -0.3 is 0 Å². The van der Waals surface area contributed by atoms with Crippen LogP contribution in [0.1, 0.15) is 5.56 Å². The Hall–Kier alpha value is -1.28. The lowest BCUT2D eigenvalue weighted by Gasteiger charge is -2.33. The molecule has 2 aromatic heterocycles. The number of nitrogens with zero attached hydrogens (tertiary/aromatic N) is 3. The lowest BCUT2D eigenvalue weighted by Crippen LogP contribution is -2.48. The molecular formula is C14H17N3O2S2. The fourth-order valence-electron chi connectivity index (χ4n) is 2.42. The Balaban J connectivity index is 1.63. The van der Waals surface area contributed by atoms with Gasteiger partial charge in [-0.1, -0.05) is 0 Å². The van der Waals surface area contributed by atoms with E-state index < -0.39 is 10.0 Å². The van der Waals surface area contributed by atoms with Crippen molar-refractivity contribution in [2.75, 3.05) is 26.2 Å². The van der Waals surface area contributed by atoms with E-state index in [4.69, 9.17) is 0 Å². The summed E-state index contributed by atoms with van der Waals surface area (Å²) in [6.45, 7) is 3.47. The maximum atomic E-state index is 12.5. The molecule has 0 amide bonds. The normalized spacial score (nSPS) is 17.9. The molecule has 0 atom stereocenters. The summed E-state index contributed by atoms with van der Waals surface area (Å²) in [4.78, 5) is 6.46. The van der Waals surface area contributed by atoms with Crippen molar-refractivity contribution in [1.29, 1.82) is 0 Å². The molecule has 5 nitrogen and oxygen atoms in total. The van der Waals surface area contributed by atoms with Gasteiger partial charge in [0.2, 0.25) is 10.0 Å². The lowest BCUT2D eigenvalue weighted by atomic mass is 10.3. The third kappa shape index (κ3) is 3.32. The van der Waals surface area contributed by atoms with E-state index in [0.717, 1.165) is 19.6 Å².